The van der Waals surface area contributed by atoms with Crippen LogP contribution in [0, 0.1) is 0 Å². The largest absolute Gasteiger partial charge is 0.624 e. The average molecular weight is 311 g/mol. The van der Waals surface area contributed by atoms with Crippen molar-refractivity contribution in [3.63, 3.8) is 0 Å². The quantitative estimate of drug-likeness (QED) is 0.554. The molecular formula is C11H20BrO3P. The summed E-state index contributed by atoms with van der Waals surface area (Å²) >= 11 is 3.48. The molecule has 1 aliphatic heterocycles. The van der Waals surface area contributed by atoms with Crippen molar-refractivity contribution in [3.8, 4) is 0 Å². The van der Waals surface area contributed by atoms with E-state index in [1.807, 2.05) is 0 Å². The number of rotatable bonds is 6. The van der Waals surface area contributed by atoms with Crippen LogP contribution in [-0.4, -0.2) is 13.3 Å². The van der Waals surface area contributed by atoms with Crippen molar-refractivity contribution in [2.75, 3.05) is 13.3 Å². The molecule has 0 bridgehead atoms. The summed E-state index contributed by atoms with van der Waals surface area (Å²) in [5, 5.41) is 0. The van der Waals surface area contributed by atoms with Gasteiger partial charge in [-0.1, -0.05) is 42.1 Å². The monoisotopic (exact) mass is 310 g/mol. The highest BCUT2D eigenvalue weighted by Gasteiger charge is 2.35. The Morgan fingerprint density at radius 1 is 1.44 bits per heavy atom. The molecule has 0 N–H and O–H groups in total. The van der Waals surface area contributed by atoms with Crippen molar-refractivity contribution in [2.45, 2.75) is 45.4 Å². The van der Waals surface area contributed by atoms with Crippen LogP contribution in [-0.2, 0) is 9.05 Å². The zero-order chi connectivity index (χ0) is 12.0. The summed E-state index contributed by atoms with van der Waals surface area (Å²) in [5.74, 6) is 0.826. The number of allylic oxidation sites excluding steroid dienone is 2. The third-order valence-electron chi connectivity index (χ3n) is 2.69. The fourth-order valence-corrected chi connectivity index (χ4v) is 3.95. The lowest BCUT2D eigenvalue weighted by Crippen LogP contribution is -2.21. The van der Waals surface area contributed by atoms with E-state index in [9.17, 15) is 4.89 Å². The molecule has 0 aromatic rings. The Labute approximate surface area is 107 Å². The molecule has 0 aromatic heterocycles. The van der Waals surface area contributed by atoms with Crippen LogP contribution in [0.4, 0.5) is 0 Å². The van der Waals surface area contributed by atoms with E-state index in [2.05, 4.69) is 22.9 Å². The van der Waals surface area contributed by atoms with Gasteiger partial charge in [-0.15, -0.1) is 0 Å². The lowest BCUT2D eigenvalue weighted by Gasteiger charge is -2.31. The highest BCUT2D eigenvalue weighted by molar-refractivity contribution is 9.11. The summed E-state index contributed by atoms with van der Waals surface area (Å²) in [6.45, 7) is 2.19. The van der Waals surface area contributed by atoms with E-state index in [1.165, 1.54) is 26.4 Å². The second-order valence-corrected chi connectivity index (χ2v) is 7.17. The van der Waals surface area contributed by atoms with E-state index in [1.54, 1.807) is 0 Å². The number of hydrogen-bond donors (Lipinski definition) is 0. The molecule has 3 nitrogen and oxygen atoms in total. The average Bonchev–Trinajstić information content (AvgIpc) is 2.29. The minimum atomic E-state index is -2.83. The van der Waals surface area contributed by atoms with Gasteiger partial charge in [0.05, 0.1) is 7.11 Å². The maximum absolute atomic E-state index is 11.9. The van der Waals surface area contributed by atoms with Gasteiger partial charge in [0.15, 0.2) is 5.76 Å². The molecule has 1 aliphatic rings. The second kappa shape index (κ2) is 6.95. The van der Waals surface area contributed by atoms with Crippen LogP contribution in [0.2, 0.25) is 0 Å². The van der Waals surface area contributed by atoms with Gasteiger partial charge in [-0.3, -0.25) is 0 Å². The minimum Gasteiger partial charge on any atom is -0.624 e. The van der Waals surface area contributed by atoms with E-state index in [0.717, 1.165) is 29.5 Å². The fourth-order valence-electron chi connectivity index (χ4n) is 1.66. The first-order valence-corrected chi connectivity index (χ1v) is 8.35. The normalized spacial score (nSPS) is 25.8. The molecule has 1 atom stereocenters. The Balaban J connectivity index is 2.44. The van der Waals surface area contributed by atoms with Crippen molar-refractivity contribution in [1.29, 1.82) is 0 Å². The Hall–Kier alpha value is 0.370. The Kier molecular flexibility index (Phi) is 6.27. The van der Waals surface area contributed by atoms with E-state index >= 15 is 0 Å². The molecule has 1 rings (SSSR count). The van der Waals surface area contributed by atoms with E-state index in [0.29, 0.717) is 6.16 Å². The number of unbranched alkanes of at least 4 members (excludes halogenated alkanes) is 3. The highest BCUT2D eigenvalue weighted by atomic mass is 79.9. The van der Waals surface area contributed by atoms with E-state index in [4.69, 9.17) is 9.05 Å². The summed E-state index contributed by atoms with van der Waals surface area (Å²) < 4.78 is 11.5. The second-order valence-electron chi connectivity index (χ2n) is 4.00. The van der Waals surface area contributed by atoms with Gasteiger partial charge in [-0.2, -0.15) is 0 Å². The maximum Gasteiger partial charge on any atom is 0.284 e. The SMILES string of the molecule is CCCCCCC1=C(Br)CC[P+]([O-])(OC)O1. The molecule has 0 saturated heterocycles. The molecule has 1 unspecified atom stereocenters. The summed E-state index contributed by atoms with van der Waals surface area (Å²) in [4.78, 5) is 11.9. The van der Waals surface area contributed by atoms with Gasteiger partial charge < -0.3 is 9.42 Å². The Morgan fingerprint density at radius 3 is 2.81 bits per heavy atom. The van der Waals surface area contributed by atoms with Gasteiger partial charge >= 0.3 is 0 Å². The molecular weight excluding hydrogens is 291 g/mol. The van der Waals surface area contributed by atoms with Crippen LogP contribution < -0.4 is 4.89 Å². The predicted molar refractivity (Wildman–Crippen MR) is 69.2 cm³/mol. The summed E-state index contributed by atoms with van der Waals surface area (Å²) in [6.07, 6.45) is 6.83. The zero-order valence-corrected chi connectivity index (χ0v) is 12.5. The van der Waals surface area contributed by atoms with Gasteiger partial charge in [0.2, 0.25) is 0 Å². The van der Waals surface area contributed by atoms with Gasteiger partial charge in [-0.05, 0) is 6.42 Å². The highest BCUT2D eigenvalue weighted by Crippen LogP contribution is 2.58. The molecule has 0 amide bonds. The van der Waals surface area contributed by atoms with Crippen molar-refractivity contribution in [1.82, 2.24) is 0 Å². The standard InChI is InChI=1S/C11H20BrO3P/c1-3-4-5-6-7-11-10(12)8-9-16(13,14-2)15-11/h3-9H2,1-2H3. The predicted octanol–water partition coefficient (Wildman–Crippen LogP) is 3.75. The molecule has 0 radical (unpaired) electrons. The van der Waals surface area contributed by atoms with Crippen molar-refractivity contribution < 1.29 is 13.9 Å². The first-order chi connectivity index (χ1) is 7.61. The summed E-state index contributed by atoms with van der Waals surface area (Å²) in [5.41, 5.74) is 0. The number of hydrogen-bond acceptors (Lipinski definition) is 3. The first kappa shape index (κ1) is 14.4. The smallest absolute Gasteiger partial charge is 0.284 e. The lowest BCUT2D eigenvalue weighted by molar-refractivity contribution is -0.214. The molecule has 0 spiro atoms. The summed E-state index contributed by atoms with van der Waals surface area (Å²) in [7, 11) is -1.38. The van der Waals surface area contributed by atoms with E-state index < -0.39 is 7.94 Å². The summed E-state index contributed by atoms with van der Waals surface area (Å²) in [6, 6.07) is 0. The molecule has 0 saturated carbocycles. The molecule has 0 aliphatic carbocycles. The third kappa shape index (κ3) is 4.33. The fraction of sp³-hybridized carbons (Fsp3) is 0.818. The maximum atomic E-state index is 11.9. The number of halogens is 1. The van der Waals surface area contributed by atoms with Gasteiger partial charge in [0.25, 0.3) is 7.94 Å². The molecule has 1 heterocycles. The van der Waals surface area contributed by atoms with Gasteiger partial charge in [-0.25, -0.2) is 4.52 Å². The van der Waals surface area contributed by atoms with Crippen LogP contribution >= 0.6 is 23.9 Å². The van der Waals surface area contributed by atoms with Crippen LogP contribution in [0.1, 0.15) is 45.4 Å². The lowest BCUT2D eigenvalue weighted by atomic mass is 10.1. The Morgan fingerprint density at radius 2 is 2.19 bits per heavy atom. The third-order valence-corrected chi connectivity index (χ3v) is 5.36. The van der Waals surface area contributed by atoms with Crippen LogP contribution in [0.15, 0.2) is 10.2 Å². The Bertz CT molecular complexity index is 258. The molecule has 5 heteroatoms. The van der Waals surface area contributed by atoms with Crippen molar-refractivity contribution >= 4 is 23.9 Å². The zero-order valence-electron chi connectivity index (χ0n) is 10.00. The molecule has 0 aromatic carbocycles. The minimum absolute atomic E-state index is 0.475. The van der Waals surface area contributed by atoms with Crippen molar-refractivity contribution in [3.05, 3.63) is 10.2 Å². The van der Waals surface area contributed by atoms with Gasteiger partial charge in [0.1, 0.15) is 6.16 Å². The molecule has 0 fully saturated rings. The molecule has 94 valence electrons. The van der Waals surface area contributed by atoms with Crippen LogP contribution in [0.5, 0.6) is 0 Å². The molecule has 16 heavy (non-hydrogen) atoms. The first-order valence-electron chi connectivity index (χ1n) is 5.83. The topological polar surface area (TPSA) is 41.5 Å². The van der Waals surface area contributed by atoms with Crippen LogP contribution in [0.3, 0.4) is 0 Å². The van der Waals surface area contributed by atoms with Gasteiger partial charge in [0, 0.05) is 17.3 Å². The van der Waals surface area contributed by atoms with Crippen molar-refractivity contribution in [2.24, 2.45) is 0 Å². The van der Waals surface area contributed by atoms with E-state index in [-0.39, 0.29) is 0 Å². The van der Waals surface area contributed by atoms with Crippen LogP contribution in [0.25, 0.3) is 0 Å².